The van der Waals surface area contributed by atoms with Crippen molar-refractivity contribution in [3.8, 4) is 22.3 Å². The van der Waals surface area contributed by atoms with Crippen LogP contribution in [0.2, 0.25) is 0 Å². The Hall–Kier alpha value is -3.89. The highest BCUT2D eigenvalue weighted by Crippen LogP contribution is 2.38. The van der Waals surface area contributed by atoms with Gasteiger partial charge in [0.05, 0.1) is 37.5 Å². The number of carboxylic acid groups (broad SMARTS) is 1. The largest absolute Gasteiger partial charge is 0.483 e. The summed E-state index contributed by atoms with van der Waals surface area (Å²) in [7, 11) is 1.93. The predicted octanol–water partition coefficient (Wildman–Crippen LogP) is 6.78. The molecule has 2 amide bonds. The number of carbonyl (C=O) groups excluding carboxylic acids is 2. The zero-order chi connectivity index (χ0) is 65.4. The van der Waals surface area contributed by atoms with Crippen LogP contribution in [0.15, 0.2) is 132 Å². The molecule has 6 aliphatic rings. The summed E-state index contributed by atoms with van der Waals surface area (Å²) in [6, 6.07) is 21.6. The maximum Gasteiger partial charge on any atom is 0.290 e. The minimum atomic E-state index is -1.41. The molecule has 504 valence electrons. The van der Waals surface area contributed by atoms with E-state index in [-0.39, 0.29) is 84.6 Å². The van der Waals surface area contributed by atoms with E-state index in [1.54, 1.807) is 36.7 Å². The summed E-state index contributed by atoms with van der Waals surface area (Å²) in [6.45, 7) is 6.03. The Balaban J connectivity index is 0.000000290. The summed E-state index contributed by atoms with van der Waals surface area (Å²) < 4.78 is 44.8. The number of hydrogen-bond donors (Lipinski definition) is 10. The molecule has 0 aliphatic carbocycles. The third kappa shape index (κ3) is 21.3. The molecule has 91 heavy (non-hydrogen) atoms. The molecule has 0 radical (unpaired) electrons. The van der Waals surface area contributed by atoms with E-state index in [9.17, 15) is 48.0 Å². The van der Waals surface area contributed by atoms with Gasteiger partial charge in [-0.05, 0) is 91.1 Å². The first-order valence-electron chi connectivity index (χ1n) is 29.1. The summed E-state index contributed by atoms with van der Waals surface area (Å²) in [4.78, 5) is 48.3. The van der Waals surface area contributed by atoms with Crippen molar-refractivity contribution >= 4 is 89.6 Å². The van der Waals surface area contributed by atoms with Gasteiger partial charge >= 0.3 is 0 Å². The fraction of sp³-hybridized carbons (Fsp3) is 0.540. The highest BCUT2D eigenvalue weighted by atomic mass is 32.2. The van der Waals surface area contributed by atoms with E-state index >= 15 is 0 Å². The molecule has 28 heteroatoms. The molecule has 0 saturated carbocycles. The number of aromatic nitrogens is 2. The topological polar surface area (TPSA) is 295 Å². The fourth-order valence-corrected chi connectivity index (χ4v) is 15.2. The second-order valence-electron chi connectivity index (χ2n) is 21.8. The van der Waals surface area contributed by atoms with Crippen molar-refractivity contribution in [2.45, 2.75) is 150 Å². The second kappa shape index (κ2) is 39.9. The zero-order valence-corrected chi connectivity index (χ0v) is 55.8. The van der Waals surface area contributed by atoms with Gasteiger partial charge in [0.15, 0.2) is 0 Å². The van der Waals surface area contributed by atoms with Crippen LogP contribution in [0.4, 0.5) is 7.77 Å². The molecule has 2 aromatic carbocycles. The zero-order valence-electron chi connectivity index (χ0n) is 50.9. The third-order valence-electron chi connectivity index (χ3n) is 16.1. The number of likely N-dealkylation sites (tertiary alicyclic amines) is 1. The molecular weight excluding hydrogens is 1300 g/mol. The first-order valence-corrected chi connectivity index (χ1v) is 35.7. The van der Waals surface area contributed by atoms with Crippen LogP contribution in [0.3, 0.4) is 0 Å². The van der Waals surface area contributed by atoms with E-state index in [2.05, 4.69) is 38.1 Å². The molecule has 20 nitrogen and oxygen atoms in total. The van der Waals surface area contributed by atoms with Gasteiger partial charge in [0, 0.05) is 107 Å². The van der Waals surface area contributed by atoms with Crippen LogP contribution >= 0.6 is 71.3 Å². The summed E-state index contributed by atoms with van der Waals surface area (Å²) in [6.07, 6.45) is 12.8. The smallest absolute Gasteiger partial charge is 0.290 e. The van der Waals surface area contributed by atoms with Crippen LogP contribution in [0.1, 0.15) is 34.1 Å². The Kier molecular flexibility index (Phi) is 34.1. The molecule has 4 saturated heterocycles. The van der Waals surface area contributed by atoms with E-state index < -0.39 is 83.9 Å². The van der Waals surface area contributed by atoms with Crippen molar-refractivity contribution in [1.29, 1.82) is 0 Å². The first-order chi connectivity index (χ1) is 43.4. The number of pyridine rings is 2. The number of likely N-dealkylation sites (N-methyl/N-ethyl adjacent to an activating group) is 1. The number of nitrogens with zero attached hydrogens (tertiary/aromatic N) is 3. The molecule has 20 atom stereocenters. The normalized spacial score (nSPS) is 30.4. The van der Waals surface area contributed by atoms with Gasteiger partial charge in [-0.3, -0.25) is 29.3 Å². The molecule has 10 N–H and O–H groups in total. The summed E-state index contributed by atoms with van der Waals surface area (Å²) >= 11 is 6.09. The maximum atomic E-state index is 13.9. The highest BCUT2D eigenvalue weighted by molar-refractivity contribution is 8.00. The Morgan fingerprint density at radius 1 is 0.626 bits per heavy atom. The number of aliphatic hydroxyl groups excluding tert-OH is 6. The minimum absolute atomic E-state index is 0. The number of allylic oxidation sites excluding steroid dienone is 2. The standard InChI is InChI=1S/C30H39N3O6S2.C29H37N3O6S2.2CH3FS.CH2O2.CH4/c1-17(41-21-11-9-18(10-12-21)19-8-6-13-31-15-19)22(28-25(35)24(34)26(36)30(39-28)40-3)32-29(37)23-27-20(16-33(23)2)7-4-5-14-38-27;1-16(40-20-10-8-17(9-11-20)18-7-5-12-30-14-18)21(27-24(34)23(33)25(35)29(38-27)39-2)32-28(36)22-26-19(15-31-22)6-3-4-13-37-26;2*1-3-2;2-1-3;/h4-6,8-13,15,17,20,22-28,30,34-36H,7,14,16H2,1-3H3,(H,32,37);3-5,7-12,14,16,19,21-27,29,31,33-35H,6,13,15H2,1-2H3,(H,32,36);2*1H3;1H,(H,2,3);1H4/t17-,20-,22+,23-,24+,25?,26+,27+,28+,30?;16-,19-,21+,22-,23+,24?,25+,26+,27+,29?;;;;/m00..../s1. The van der Waals surface area contributed by atoms with E-state index in [0.29, 0.717) is 19.8 Å². The second-order valence-corrected chi connectivity index (χ2v) is 27.2. The quantitative estimate of drug-likeness (QED) is 0.0314. The van der Waals surface area contributed by atoms with Gasteiger partial charge in [-0.25, -0.2) is 0 Å². The molecule has 0 bridgehead atoms. The molecule has 4 fully saturated rings. The Morgan fingerprint density at radius 3 is 1.46 bits per heavy atom. The number of carbonyl (C=O) groups is 3. The Morgan fingerprint density at radius 2 is 1.04 bits per heavy atom. The van der Waals surface area contributed by atoms with E-state index in [1.165, 1.54) is 47.8 Å². The SMILES string of the molecule is C.CSC1O[C@H]([C@H](NC(=O)[C@@H]2[C@@H]3OCC=CC[C@H]3CN2C)[C@H](C)Sc2ccc(-c3cccnc3)cc2)C(O)[C@@H](O)[C@H]1O.CSC1O[C@H]([C@H](NC(=O)[C@H]2NC[C@@H]3CC=CCO[C@H]32)[C@H](C)Sc2ccc(-c3cccnc3)cc2)C(O)[C@@H](O)[C@H]1O.CSF.CSF.O=CO. The number of halogens is 2. The van der Waals surface area contributed by atoms with Crippen molar-refractivity contribution in [3.05, 3.63) is 122 Å². The number of rotatable bonds is 16. The van der Waals surface area contributed by atoms with Crippen molar-refractivity contribution < 1.29 is 76.8 Å². The van der Waals surface area contributed by atoms with Crippen molar-refractivity contribution in [2.24, 2.45) is 11.8 Å². The lowest BCUT2D eigenvalue weighted by molar-refractivity contribution is -0.205. The Bertz CT molecular complexity index is 2820. The Labute approximate surface area is 558 Å². The number of nitrogens with one attached hydrogen (secondary N) is 3. The van der Waals surface area contributed by atoms with E-state index in [0.717, 1.165) is 51.4 Å². The molecule has 8 heterocycles. The van der Waals surface area contributed by atoms with Gasteiger partial charge in [-0.2, -0.15) is 7.77 Å². The average molecular weight is 1380 g/mol. The first kappa shape index (κ1) is 77.8. The molecule has 4 aromatic rings. The van der Waals surface area contributed by atoms with E-state index in [4.69, 9.17) is 28.8 Å². The lowest BCUT2D eigenvalue weighted by Gasteiger charge is -2.45. The number of aliphatic hydroxyl groups is 6. The van der Waals surface area contributed by atoms with Crippen LogP contribution in [0.25, 0.3) is 22.3 Å². The monoisotopic (exact) mass is 1380 g/mol. The molecule has 6 aliphatic heterocycles. The number of thioether (sulfide) groups is 4. The average Bonchev–Trinajstić information content (AvgIpc) is 1.89. The maximum absolute atomic E-state index is 13.9. The van der Waals surface area contributed by atoms with Gasteiger partial charge in [0.25, 0.3) is 6.47 Å². The lowest BCUT2D eigenvalue weighted by atomic mass is 9.92. The molecule has 10 rings (SSSR count). The molecule has 4 unspecified atom stereocenters. The van der Waals surface area contributed by atoms with Crippen LogP contribution in [-0.4, -0.2) is 234 Å². The predicted molar refractivity (Wildman–Crippen MR) is 361 cm³/mol. The number of benzene rings is 2. The van der Waals surface area contributed by atoms with Gasteiger partial charge in [0.1, 0.15) is 71.8 Å². The van der Waals surface area contributed by atoms with Gasteiger partial charge in [-0.1, -0.05) is 82.0 Å². The fourth-order valence-electron chi connectivity index (χ4n) is 11.6. The summed E-state index contributed by atoms with van der Waals surface area (Å²) in [5.74, 6) is -0.0286. The summed E-state index contributed by atoms with van der Waals surface area (Å²) in [5, 5.41) is 80.3. The van der Waals surface area contributed by atoms with Gasteiger partial charge < -0.3 is 70.6 Å². The van der Waals surface area contributed by atoms with Crippen molar-refractivity contribution in [3.63, 3.8) is 0 Å². The van der Waals surface area contributed by atoms with Crippen LogP contribution < -0.4 is 16.0 Å². The molecule has 2 aromatic heterocycles. The van der Waals surface area contributed by atoms with Crippen molar-refractivity contribution in [2.75, 3.05) is 58.4 Å². The highest BCUT2D eigenvalue weighted by Gasteiger charge is 2.52. The van der Waals surface area contributed by atoms with Crippen LogP contribution in [-0.2, 0) is 33.3 Å². The van der Waals surface area contributed by atoms with Crippen molar-refractivity contribution in [1.82, 2.24) is 30.8 Å². The third-order valence-corrected chi connectivity index (χ3v) is 20.2. The number of amides is 2. The van der Waals surface area contributed by atoms with Crippen LogP contribution in [0, 0.1) is 11.8 Å². The number of hydrogen-bond acceptors (Lipinski definition) is 23. The van der Waals surface area contributed by atoms with Crippen LogP contribution in [0.5, 0.6) is 0 Å². The number of fused-ring (bicyclic) bond motifs is 2. The minimum Gasteiger partial charge on any atom is -0.483 e. The van der Waals surface area contributed by atoms with Gasteiger partial charge in [-0.15, -0.1) is 47.0 Å². The summed E-state index contributed by atoms with van der Waals surface area (Å²) in [5.41, 5.74) is 2.63. The molecular formula is C63H88F2N6O14S6. The molecule has 0 spiro atoms. The lowest BCUT2D eigenvalue weighted by Crippen LogP contribution is -2.65. The van der Waals surface area contributed by atoms with Gasteiger partial charge in [0.2, 0.25) is 11.8 Å². The number of ether oxygens (including phenoxy) is 4. The van der Waals surface area contributed by atoms with E-state index in [1.807, 2.05) is 123 Å².